The number of piperidine rings is 1. The van der Waals surface area contributed by atoms with Gasteiger partial charge in [0.25, 0.3) is 0 Å². The number of carbonyl (C=O) groups is 1. The summed E-state index contributed by atoms with van der Waals surface area (Å²) in [6.45, 7) is 6.43. The zero-order valence-electron chi connectivity index (χ0n) is 19.4. The first-order chi connectivity index (χ1) is 15.8. The molecule has 2 unspecified atom stereocenters. The normalized spacial score (nSPS) is 31.2. The highest BCUT2D eigenvalue weighted by atomic mass is 19.1. The number of nitrogens with zero attached hydrogens (tertiary/aromatic N) is 1. The molecular weight excluding hydrogens is 418 g/mol. The van der Waals surface area contributed by atoms with Crippen molar-refractivity contribution in [2.75, 3.05) is 13.1 Å². The zero-order valence-corrected chi connectivity index (χ0v) is 19.4. The van der Waals surface area contributed by atoms with Crippen molar-refractivity contribution in [1.82, 2.24) is 10.2 Å². The van der Waals surface area contributed by atoms with Crippen LogP contribution >= 0.6 is 0 Å². The highest BCUT2D eigenvalue weighted by Gasteiger charge is 2.48. The van der Waals surface area contributed by atoms with Crippen molar-refractivity contribution in [3.63, 3.8) is 0 Å². The fourth-order valence-electron chi connectivity index (χ4n) is 6.35. The molecule has 0 bridgehead atoms. The van der Waals surface area contributed by atoms with Crippen molar-refractivity contribution in [2.24, 2.45) is 11.3 Å². The van der Waals surface area contributed by atoms with E-state index < -0.39 is 17.0 Å². The van der Waals surface area contributed by atoms with Crippen LogP contribution in [0.1, 0.15) is 56.2 Å². The van der Waals surface area contributed by atoms with E-state index in [0.717, 1.165) is 57.0 Å². The van der Waals surface area contributed by atoms with Crippen LogP contribution in [0.2, 0.25) is 0 Å². The molecule has 2 fully saturated rings. The molecular formula is C28H32F2N2O. The predicted octanol–water partition coefficient (Wildman–Crippen LogP) is 5.45. The molecule has 2 aliphatic carbocycles. The van der Waals surface area contributed by atoms with Gasteiger partial charge in [0.2, 0.25) is 5.91 Å². The lowest BCUT2D eigenvalue weighted by Gasteiger charge is -2.46. The number of hydrogen-bond acceptors (Lipinski definition) is 2. The smallest absolute Gasteiger partial charge is 0.226 e. The third kappa shape index (κ3) is 3.90. The molecule has 1 saturated carbocycles. The number of likely N-dealkylation sites (tertiary alicyclic amines) is 1. The maximum absolute atomic E-state index is 13.9. The van der Waals surface area contributed by atoms with E-state index in [9.17, 15) is 13.6 Å². The molecule has 2 aromatic rings. The van der Waals surface area contributed by atoms with Crippen molar-refractivity contribution in [3.8, 4) is 0 Å². The number of hydrogen-bond donors (Lipinski definition) is 1. The number of amides is 1. The van der Waals surface area contributed by atoms with Crippen molar-refractivity contribution >= 4 is 12.0 Å². The second kappa shape index (κ2) is 8.35. The maximum Gasteiger partial charge on any atom is 0.226 e. The molecule has 0 aromatic heterocycles. The second-order valence-electron chi connectivity index (χ2n) is 10.5. The molecule has 1 aliphatic heterocycles. The van der Waals surface area contributed by atoms with Gasteiger partial charge >= 0.3 is 0 Å². The van der Waals surface area contributed by atoms with Crippen molar-refractivity contribution in [2.45, 2.75) is 57.5 Å². The summed E-state index contributed by atoms with van der Waals surface area (Å²) >= 11 is 0. The molecule has 5 heteroatoms. The quantitative estimate of drug-likeness (QED) is 0.672. The van der Waals surface area contributed by atoms with Crippen LogP contribution in [0.3, 0.4) is 0 Å². The monoisotopic (exact) mass is 450 g/mol. The standard InChI is InChI=1S/C28H32F2N2O/c1-19-18-32(14-13-28(19)12-9-20-5-3-4-6-24(20)28)23-10-11-27(2,16-23)26(33)31-17-21-15-22(29)7-8-25(21)30/h3-9,12,15,19,23H,10-11,13-14,16-18H2,1-2H3,(H,31,33)/t19-,23?,27?,28-/m0/s1. The average Bonchev–Trinajstić information content (AvgIpc) is 3.39. The number of fused-ring (bicyclic) bond motifs is 2. The topological polar surface area (TPSA) is 32.3 Å². The SMILES string of the molecule is C[C@H]1CN(C2CCC(C)(C(=O)NCc3cc(F)ccc3F)C2)CC[C@@]12C=Cc1ccccc12. The van der Waals surface area contributed by atoms with E-state index in [4.69, 9.17) is 0 Å². The molecule has 1 amide bonds. The molecule has 2 aromatic carbocycles. The van der Waals surface area contributed by atoms with Gasteiger partial charge in [-0.1, -0.05) is 50.3 Å². The summed E-state index contributed by atoms with van der Waals surface area (Å²) in [6.07, 6.45) is 8.40. The highest BCUT2D eigenvalue weighted by Crippen LogP contribution is 2.49. The van der Waals surface area contributed by atoms with Crippen LogP contribution in [0.4, 0.5) is 8.78 Å². The summed E-state index contributed by atoms with van der Waals surface area (Å²) in [7, 11) is 0. The van der Waals surface area contributed by atoms with Gasteiger partial charge in [-0.3, -0.25) is 9.69 Å². The minimum absolute atomic E-state index is 0.0116. The van der Waals surface area contributed by atoms with E-state index in [1.807, 2.05) is 6.92 Å². The highest BCUT2D eigenvalue weighted by molar-refractivity contribution is 5.82. The van der Waals surface area contributed by atoms with Crippen LogP contribution in [-0.2, 0) is 16.8 Å². The number of nitrogens with one attached hydrogen (secondary N) is 1. The number of allylic oxidation sites excluding steroid dienone is 1. The molecule has 0 radical (unpaired) electrons. The zero-order chi connectivity index (χ0) is 23.2. The Balaban J connectivity index is 1.21. The Labute approximate surface area is 194 Å². The van der Waals surface area contributed by atoms with E-state index in [1.54, 1.807) is 0 Å². The van der Waals surface area contributed by atoms with Crippen LogP contribution in [0.15, 0.2) is 48.5 Å². The molecule has 5 rings (SSSR count). The molecule has 1 spiro atoms. The third-order valence-corrected chi connectivity index (χ3v) is 8.45. The number of benzene rings is 2. The Kier molecular flexibility index (Phi) is 5.64. The second-order valence-corrected chi connectivity index (χ2v) is 10.5. The lowest BCUT2D eigenvalue weighted by Crippen LogP contribution is -2.50. The fourth-order valence-corrected chi connectivity index (χ4v) is 6.35. The summed E-state index contributed by atoms with van der Waals surface area (Å²) in [6, 6.07) is 12.5. The van der Waals surface area contributed by atoms with E-state index >= 15 is 0 Å². The lowest BCUT2D eigenvalue weighted by atomic mass is 9.68. The van der Waals surface area contributed by atoms with Gasteiger partial charge in [0.1, 0.15) is 11.6 Å². The molecule has 1 saturated heterocycles. The molecule has 4 atom stereocenters. The molecule has 3 aliphatic rings. The molecule has 3 nitrogen and oxygen atoms in total. The summed E-state index contributed by atoms with van der Waals surface area (Å²) < 4.78 is 27.4. The summed E-state index contributed by atoms with van der Waals surface area (Å²) in [5, 5.41) is 2.86. The van der Waals surface area contributed by atoms with E-state index in [2.05, 4.69) is 53.6 Å². The molecule has 1 heterocycles. The van der Waals surface area contributed by atoms with Gasteiger partial charge in [0.15, 0.2) is 0 Å². The number of halogens is 2. The summed E-state index contributed by atoms with van der Waals surface area (Å²) in [5.41, 5.74) is 2.63. The first-order valence-electron chi connectivity index (χ1n) is 12.1. The molecule has 33 heavy (non-hydrogen) atoms. The number of rotatable bonds is 4. The Hall–Kier alpha value is -2.53. The minimum atomic E-state index is -0.496. The van der Waals surface area contributed by atoms with E-state index in [1.165, 1.54) is 11.1 Å². The van der Waals surface area contributed by atoms with Crippen molar-refractivity contribution < 1.29 is 13.6 Å². The van der Waals surface area contributed by atoms with Crippen LogP contribution in [-0.4, -0.2) is 29.9 Å². The third-order valence-electron chi connectivity index (χ3n) is 8.45. The van der Waals surface area contributed by atoms with Crippen molar-refractivity contribution in [1.29, 1.82) is 0 Å². The van der Waals surface area contributed by atoms with Gasteiger partial charge in [-0.25, -0.2) is 8.78 Å². The van der Waals surface area contributed by atoms with Crippen LogP contribution in [0.25, 0.3) is 6.08 Å². The largest absolute Gasteiger partial charge is 0.351 e. The van der Waals surface area contributed by atoms with Gasteiger partial charge in [-0.15, -0.1) is 0 Å². The first-order valence-corrected chi connectivity index (χ1v) is 12.1. The molecule has 174 valence electrons. The van der Waals surface area contributed by atoms with Crippen LogP contribution in [0.5, 0.6) is 0 Å². The van der Waals surface area contributed by atoms with E-state index in [-0.39, 0.29) is 23.4 Å². The Morgan fingerprint density at radius 2 is 2.00 bits per heavy atom. The van der Waals surface area contributed by atoms with Gasteiger partial charge in [-0.05, 0) is 67.5 Å². The molecule has 1 N–H and O–H groups in total. The summed E-state index contributed by atoms with van der Waals surface area (Å²) in [5.74, 6) is -0.555. The Morgan fingerprint density at radius 3 is 2.82 bits per heavy atom. The van der Waals surface area contributed by atoms with Gasteiger partial charge < -0.3 is 5.32 Å². The summed E-state index contributed by atoms with van der Waals surface area (Å²) in [4.78, 5) is 15.6. The van der Waals surface area contributed by atoms with E-state index in [0.29, 0.717) is 12.0 Å². The van der Waals surface area contributed by atoms with Gasteiger partial charge in [0.05, 0.1) is 0 Å². The maximum atomic E-state index is 13.9. The lowest BCUT2D eigenvalue weighted by molar-refractivity contribution is -0.130. The van der Waals surface area contributed by atoms with Gasteiger partial charge in [-0.2, -0.15) is 0 Å². The van der Waals surface area contributed by atoms with Gasteiger partial charge in [0, 0.05) is 35.5 Å². The number of carbonyl (C=O) groups excluding carboxylic acids is 1. The fraction of sp³-hybridized carbons (Fsp3) is 0.464. The Morgan fingerprint density at radius 1 is 1.18 bits per heavy atom. The Bertz CT molecular complexity index is 1100. The van der Waals surface area contributed by atoms with Crippen LogP contribution < -0.4 is 5.32 Å². The minimum Gasteiger partial charge on any atom is -0.351 e. The van der Waals surface area contributed by atoms with Crippen LogP contribution in [0, 0.1) is 23.0 Å². The predicted molar refractivity (Wildman–Crippen MR) is 126 cm³/mol. The van der Waals surface area contributed by atoms with Crippen molar-refractivity contribution in [3.05, 3.63) is 76.9 Å². The first kappa shape index (κ1) is 22.3. The average molecular weight is 451 g/mol.